The summed E-state index contributed by atoms with van der Waals surface area (Å²) < 4.78 is 10.7. The van der Waals surface area contributed by atoms with Gasteiger partial charge in [0.25, 0.3) is 0 Å². The van der Waals surface area contributed by atoms with Crippen molar-refractivity contribution in [2.24, 2.45) is 0 Å². The van der Waals surface area contributed by atoms with Crippen LogP contribution in [0.3, 0.4) is 0 Å². The summed E-state index contributed by atoms with van der Waals surface area (Å²) in [6, 6.07) is 14.3. The molecule has 0 unspecified atom stereocenters. The van der Waals surface area contributed by atoms with Crippen LogP contribution in [0.5, 0.6) is 11.5 Å². The van der Waals surface area contributed by atoms with Crippen LogP contribution in [0, 0.1) is 0 Å². The summed E-state index contributed by atoms with van der Waals surface area (Å²) in [5.74, 6) is 1.17. The molecule has 0 aliphatic rings. The third kappa shape index (κ3) is 14.9. The van der Waals surface area contributed by atoms with E-state index in [1.54, 1.807) is 36.8 Å². The molecule has 5 nitrogen and oxygen atoms in total. The molecule has 2 rings (SSSR count). The molecule has 35 heavy (non-hydrogen) atoms. The monoisotopic (exact) mass is 478 g/mol. The third-order valence-electron chi connectivity index (χ3n) is 4.58. The predicted molar refractivity (Wildman–Crippen MR) is 144 cm³/mol. The van der Waals surface area contributed by atoms with Crippen molar-refractivity contribution in [3.63, 3.8) is 0 Å². The first-order chi connectivity index (χ1) is 16.8. The van der Waals surface area contributed by atoms with Crippen molar-refractivity contribution < 1.29 is 24.5 Å². The second-order valence-electron chi connectivity index (χ2n) is 7.34. The Balaban J connectivity index is 0.000000642. The fourth-order valence-electron chi connectivity index (χ4n) is 2.68. The summed E-state index contributed by atoms with van der Waals surface area (Å²) in [7, 11) is 0. The fraction of sp³-hybridized carbons (Fsp3) is 0.267. The van der Waals surface area contributed by atoms with Crippen LogP contribution in [0.2, 0.25) is 0 Å². The summed E-state index contributed by atoms with van der Waals surface area (Å²) in [6.45, 7) is 4.34. The molecular formula is C30H38O5. The van der Waals surface area contributed by atoms with E-state index < -0.39 is 0 Å². The van der Waals surface area contributed by atoms with Gasteiger partial charge in [-0.2, -0.15) is 0 Å². The van der Waals surface area contributed by atoms with Crippen LogP contribution in [0.25, 0.3) is 0 Å². The molecule has 0 spiro atoms. The van der Waals surface area contributed by atoms with Gasteiger partial charge in [-0.1, -0.05) is 88.1 Å². The number of para-hydroxylation sites is 2. The minimum Gasteiger partial charge on any atom is -0.464 e. The van der Waals surface area contributed by atoms with Gasteiger partial charge in [-0.3, -0.25) is 9.59 Å². The van der Waals surface area contributed by atoms with Crippen molar-refractivity contribution in [2.45, 2.75) is 52.4 Å². The maximum Gasteiger partial charge on any atom is 0.153 e. The number of benzene rings is 2. The smallest absolute Gasteiger partial charge is 0.153 e. The SMILES string of the molecule is CCCCC=CC=COc1ccccc1C=O.CCCCC=CC=COc1ccccc1C=O.O. The van der Waals surface area contributed by atoms with E-state index in [4.69, 9.17) is 9.47 Å². The van der Waals surface area contributed by atoms with Crippen LogP contribution in [-0.4, -0.2) is 18.0 Å². The van der Waals surface area contributed by atoms with Gasteiger partial charge in [-0.15, -0.1) is 0 Å². The van der Waals surface area contributed by atoms with Gasteiger partial charge in [-0.25, -0.2) is 0 Å². The molecule has 0 amide bonds. The quantitative estimate of drug-likeness (QED) is 0.122. The van der Waals surface area contributed by atoms with Gasteiger partial charge in [0.15, 0.2) is 12.6 Å². The Morgan fingerprint density at radius 1 is 0.629 bits per heavy atom. The van der Waals surface area contributed by atoms with Gasteiger partial charge in [0.2, 0.25) is 0 Å². The molecule has 0 heterocycles. The average Bonchev–Trinajstić information content (AvgIpc) is 2.88. The van der Waals surface area contributed by atoms with Crippen molar-refractivity contribution in [2.75, 3.05) is 0 Å². The molecule has 188 valence electrons. The predicted octanol–water partition coefficient (Wildman–Crippen LogP) is 7.45. The molecule has 0 aromatic heterocycles. The number of allylic oxidation sites excluding steroid dienone is 6. The summed E-state index contributed by atoms with van der Waals surface area (Å²) in [4.78, 5) is 21.4. The Morgan fingerprint density at radius 3 is 1.40 bits per heavy atom. The number of ether oxygens (including phenoxy) is 2. The number of aldehydes is 2. The maximum atomic E-state index is 10.7. The van der Waals surface area contributed by atoms with Gasteiger partial charge < -0.3 is 14.9 Å². The molecule has 0 aliphatic carbocycles. The number of hydrogen-bond acceptors (Lipinski definition) is 4. The molecular weight excluding hydrogens is 440 g/mol. The summed E-state index contributed by atoms with van der Waals surface area (Å²) in [6.07, 6.45) is 23.6. The van der Waals surface area contributed by atoms with Crippen molar-refractivity contribution in [1.29, 1.82) is 0 Å². The van der Waals surface area contributed by atoms with Crippen LogP contribution in [-0.2, 0) is 0 Å². The van der Waals surface area contributed by atoms with E-state index in [1.165, 1.54) is 25.7 Å². The highest BCUT2D eigenvalue weighted by Crippen LogP contribution is 2.16. The molecule has 2 aromatic rings. The molecule has 0 bridgehead atoms. The van der Waals surface area contributed by atoms with E-state index >= 15 is 0 Å². The molecule has 2 N–H and O–H groups in total. The first-order valence-corrected chi connectivity index (χ1v) is 11.8. The molecule has 0 saturated heterocycles. The molecule has 0 atom stereocenters. The van der Waals surface area contributed by atoms with Crippen LogP contribution < -0.4 is 9.47 Å². The first-order valence-electron chi connectivity index (χ1n) is 11.8. The lowest BCUT2D eigenvalue weighted by atomic mass is 10.2. The Labute approximate surface area is 209 Å². The molecule has 0 fully saturated rings. The standard InChI is InChI=1S/2C15H18O2.H2O/c2*1-2-3-4-5-6-9-12-17-15-11-8-7-10-14(15)13-16;/h2*5-13H,2-4H2,1H3;1H2. The lowest BCUT2D eigenvalue weighted by molar-refractivity contribution is 0.111. The maximum absolute atomic E-state index is 10.7. The number of carbonyl (C=O) groups excluding carboxylic acids is 2. The molecule has 0 aliphatic heterocycles. The van der Waals surface area contributed by atoms with Crippen LogP contribution >= 0.6 is 0 Å². The summed E-state index contributed by atoms with van der Waals surface area (Å²) in [5, 5.41) is 0. The molecule has 0 radical (unpaired) electrons. The van der Waals surface area contributed by atoms with E-state index in [0.29, 0.717) is 22.6 Å². The van der Waals surface area contributed by atoms with Crippen molar-refractivity contribution in [1.82, 2.24) is 0 Å². The van der Waals surface area contributed by atoms with Gasteiger partial charge in [0.05, 0.1) is 23.7 Å². The van der Waals surface area contributed by atoms with E-state index in [0.717, 1.165) is 25.4 Å². The van der Waals surface area contributed by atoms with Crippen LogP contribution in [0.15, 0.2) is 97.5 Å². The lowest BCUT2D eigenvalue weighted by Gasteiger charge is -2.01. The Morgan fingerprint density at radius 2 is 1.03 bits per heavy atom. The number of rotatable bonds is 14. The zero-order valence-electron chi connectivity index (χ0n) is 20.8. The Kier molecular flexibility index (Phi) is 19.8. The zero-order valence-corrected chi connectivity index (χ0v) is 20.8. The second kappa shape index (κ2) is 22.1. The summed E-state index contributed by atoms with van der Waals surface area (Å²) in [5.41, 5.74) is 1.12. The normalized spacial score (nSPS) is 10.8. The minimum atomic E-state index is 0. The van der Waals surface area contributed by atoms with Gasteiger partial charge >= 0.3 is 0 Å². The van der Waals surface area contributed by atoms with Crippen LogP contribution in [0.4, 0.5) is 0 Å². The first kappa shape index (κ1) is 31.3. The van der Waals surface area contributed by atoms with E-state index in [9.17, 15) is 9.59 Å². The number of unbranched alkanes of at least 4 members (excludes halogenated alkanes) is 4. The molecule has 0 saturated carbocycles. The third-order valence-corrected chi connectivity index (χ3v) is 4.58. The average molecular weight is 479 g/mol. The zero-order chi connectivity index (χ0) is 24.7. The van der Waals surface area contributed by atoms with Crippen molar-refractivity contribution in [3.8, 4) is 11.5 Å². The molecule has 5 heteroatoms. The Bertz CT molecular complexity index is 864. The fourth-order valence-corrected chi connectivity index (χ4v) is 2.68. The molecule has 2 aromatic carbocycles. The highest BCUT2D eigenvalue weighted by molar-refractivity contribution is 5.79. The Hall–Kier alpha value is -3.70. The number of carbonyl (C=O) groups is 2. The van der Waals surface area contributed by atoms with E-state index in [2.05, 4.69) is 26.0 Å². The largest absolute Gasteiger partial charge is 0.464 e. The van der Waals surface area contributed by atoms with Gasteiger partial charge in [-0.05, 0) is 49.3 Å². The van der Waals surface area contributed by atoms with Crippen LogP contribution in [0.1, 0.15) is 73.1 Å². The van der Waals surface area contributed by atoms with Crippen molar-refractivity contribution in [3.05, 3.63) is 109 Å². The van der Waals surface area contributed by atoms with Gasteiger partial charge in [0, 0.05) is 0 Å². The highest BCUT2D eigenvalue weighted by Gasteiger charge is 1.99. The van der Waals surface area contributed by atoms with E-state index in [-0.39, 0.29) is 5.48 Å². The topological polar surface area (TPSA) is 84.1 Å². The highest BCUT2D eigenvalue weighted by atomic mass is 16.5. The number of hydrogen-bond donors (Lipinski definition) is 0. The summed E-state index contributed by atoms with van der Waals surface area (Å²) >= 11 is 0. The van der Waals surface area contributed by atoms with Gasteiger partial charge in [0.1, 0.15) is 11.5 Å². The lowest BCUT2D eigenvalue weighted by Crippen LogP contribution is -1.88. The van der Waals surface area contributed by atoms with E-state index in [1.807, 2.05) is 48.6 Å². The second-order valence-corrected chi connectivity index (χ2v) is 7.34. The minimum absolute atomic E-state index is 0. The van der Waals surface area contributed by atoms with Crippen molar-refractivity contribution >= 4 is 12.6 Å².